The molecule has 0 saturated carbocycles. The Morgan fingerprint density at radius 1 is 1.35 bits per heavy atom. The lowest BCUT2D eigenvalue weighted by molar-refractivity contribution is -0.133. The summed E-state index contributed by atoms with van der Waals surface area (Å²) in [6.07, 6.45) is 1.03. The number of para-hydroxylation sites is 1. The molecule has 5 heteroatoms. The number of ketones is 1. The second kappa shape index (κ2) is 4.31. The number of Topliss-reactive ketones (excluding diaryl/α,β-unsaturated/α-hetero) is 1. The van der Waals surface area contributed by atoms with E-state index in [9.17, 15) is 14.7 Å². The Hall–Kier alpha value is -2.40. The van der Waals surface area contributed by atoms with Gasteiger partial charge in [-0.1, -0.05) is 18.2 Å². The lowest BCUT2D eigenvalue weighted by Gasteiger charge is -2.19. The van der Waals surface area contributed by atoms with Gasteiger partial charge in [-0.3, -0.25) is 9.59 Å². The third-order valence-corrected chi connectivity index (χ3v) is 3.54. The summed E-state index contributed by atoms with van der Waals surface area (Å²) in [5.74, 6) is -0.865. The van der Waals surface area contributed by atoms with Crippen LogP contribution in [0.15, 0.2) is 41.0 Å². The van der Waals surface area contributed by atoms with Crippen LogP contribution in [0, 0.1) is 6.92 Å². The number of aryl methyl sites for hydroxylation is 1. The second-order valence-electron chi connectivity index (χ2n) is 4.89. The lowest BCUT2D eigenvalue weighted by atomic mass is 9.88. The first kappa shape index (κ1) is 12.6. The van der Waals surface area contributed by atoms with E-state index >= 15 is 0 Å². The molecule has 5 nitrogen and oxygen atoms in total. The van der Waals surface area contributed by atoms with Gasteiger partial charge in [0, 0.05) is 5.56 Å². The second-order valence-corrected chi connectivity index (χ2v) is 4.89. The Bertz CT molecular complexity index is 690. The van der Waals surface area contributed by atoms with Gasteiger partial charge >= 0.3 is 0 Å². The largest absolute Gasteiger partial charge is 0.461 e. The van der Waals surface area contributed by atoms with Crippen LogP contribution in [-0.2, 0) is 10.4 Å². The van der Waals surface area contributed by atoms with Gasteiger partial charge in [0.25, 0.3) is 5.91 Å². The Morgan fingerprint density at radius 3 is 2.85 bits per heavy atom. The predicted molar refractivity (Wildman–Crippen MR) is 71.4 cm³/mol. The van der Waals surface area contributed by atoms with Crippen LogP contribution in [-0.4, -0.2) is 16.8 Å². The molecule has 3 rings (SSSR count). The molecule has 1 aliphatic heterocycles. The third-order valence-electron chi connectivity index (χ3n) is 3.54. The minimum absolute atomic E-state index is 0.132. The smallest absolute Gasteiger partial charge is 0.261 e. The van der Waals surface area contributed by atoms with E-state index in [1.165, 1.54) is 12.3 Å². The molecule has 0 radical (unpaired) electrons. The quantitative estimate of drug-likeness (QED) is 0.837. The average Bonchev–Trinajstić information content (AvgIpc) is 3.01. The highest BCUT2D eigenvalue weighted by atomic mass is 16.3. The van der Waals surface area contributed by atoms with Gasteiger partial charge in [0.2, 0.25) is 5.78 Å². The van der Waals surface area contributed by atoms with Crippen LogP contribution in [0.1, 0.15) is 28.1 Å². The van der Waals surface area contributed by atoms with Crippen molar-refractivity contribution in [2.45, 2.75) is 18.9 Å². The first-order chi connectivity index (χ1) is 9.52. The molecule has 2 aromatic rings. The van der Waals surface area contributed by atoms with Crippen LogP contribution in [0.25, 0.3) is 0 Å². The molecule has 0 spiro atoms. The topological polar surface area (TPSA) is 79.5 Å². The van der Waals surface area contributed by atoms with Crippen molar-refractivity contribution in [1.29, 1.82) is 0 Å². The highest BCUT2D eigenvalue weighted by Gasteiger charge is 2.47. The van der Waals surface area contributed by atoms with E-state index < -0.39 is 17.3 Å². The molecule has 1 amide bonds. The van der Waals surface area contributed by atoms with E-state index in [-0.39, 0.29) is 12.2 Å². The van der Waals surface area contributed by atoms with E-state index in [4.69, 9.17) is 4.42 Å². The van der Waals surface area contributed by atoms with Gasteiger partial charge in [-0.25, -0.2) is 0 Å². The van der Waals surface area contributed by atoms with Gasteiger partial charge < -0.3 is 14.8 Å². The number of carbonyl (C=O) groups excluding carboxylic acids is 2. The van der Waals surface area contributed by atoms with Crippen LogP contribution >= 0.6 is 0 Å². The predicted octanol–water partition coefficient (Wildman–Crippen LogP) is 2.00. The molecule has 1 aromatic carbocycles. The number of anilines is 1. The number of furan rings is 1. The highest BCUT2D eigenvalue weighted by Crippen LogP contribution is 2.40. The van der Waals surface area contributed by atoms with Crippen LogP contribution in [0.3, 0.4) is 0 Å². The van der Waals surface area contributed by atoms with Crippen LogP contribution in [0.2, 0.25) is 0 Å². The molecule has 0 aliphatic carbocycles. The van der Waals surface area contributed by atoms with Crippen molar-refractivity contribution in [2.75, 3.05) is 5.32 Å². The summed E-state index contributed by atoms with van der Waals surface area (Å²) in [5.41, 5.74) is 0.0115. The molecule has 1 aliphatic rings. The Morgan fingerprint density at radius 2 is 2.15 bits per heavy atom. The maximum absolute atomic E-state index is 12.1. The van der Waals surface area contributed by atoms with Crippen molar-refractivity contribution >= 4 is 17.4 Å². The number of nitrogens with one attached hydrogen (secondary N) is 1. The zero-order valence-electron chi connectivity index (χ0n) is 10.8. The van der Waals surface area contributed by atoms with E-state index in [2.05, 4.69) is 5.32 Å². The van der Waals surface area contributed by atoms with Gasteiger partial charge in [-0.15, -0.1) is 0 Å². The maximum Gasteiger partial charge on any atom is 0.261 e. The standard InChI is InChI=1S/C15H13NO4/c1-9-4-2-5-10-13(9)16-14(18)15(10,19)8-11(17)12-6-3-7-20-12/h2-7,19H,8H2,1H3,(H,16,18)/t15-/m1/s1. The summed E-state index contributed by atoms with van der Waals surface area (Å²) in [6, 6.07) is 8.32. The number of aliphatic hydroxyl groups is 1. The molecule has 20 heavy (non-hydrogen) atoms. The average molecular weight is 271 g/mol. The van der Waals surface area contributed by atoms with Crippen molar-refractivity contribution in [1.82, 2.24) is 0 Å². The first-order valence-corrected chi connectivity index (χ1v) is 6.23. The molecule has 2 heterocycles. The van der Waals surface area contributed by atoms with Crippen LogP contribution in [0.5, 0.6) is 0 Å². The first-order valence-electron chi connectivity index (χ1n) is 6.23. The van der Waals surface area contributed by atoms with E-state index in [1.54, 1.807) is 18.2 Å². The summed E-state index contributed by atoms with van der Waals surface area (Å²) < 4.78 is 5.01. The Balaban J connectivity index is 1.99. The highest BCUT2D eigenvalue weighted by molar-refractivity contribution is 6.09. The fourth-order valence-electron chi connectivity index (χ4n) is 2.45. The van der Waals surface area contributed by atoms with Crippen molar-refractivity contribution in [3.8, 4) is 0 Å². The Labute approximate surface area is 115 Å². The van der Waals surface area contributed by atoms with E-state index in [1.807, 2.05) is 13.0 Å². The SMILES string of the molecule is Cc1cccc2c1NC(=O)[C@@]2(O)CC(=O)c1ccco1. The van der Waals surface area contributed by atoms with E-state index in [0.29, 0.717) is 11.3 Å². The number of amides is 1. The number of rotatable bonds is 3. The summed E-state index contributed by atoms with van der Waals surface area (Å²) >= 11 is 0. The number of carbonyl (C=O) groups is 2. The molecule has 102 valence electrons. The van der Waals surface area contributed by atoms with Gasteiger partial charge in [0.05, 0.1) is 18.4 Å². The minimum Gasteiger partial charge on any atom is -0.461 e. The molecular weight excluding hydrogens is 258 g/mol. The van der Waals surface area contributed by atoms with Crippen molar-refractivity contribution < 1.29 is 19.1 Å². The van der Waals surface area contributed by atoms with Crippen molar-refractivity contribution in [3.05, 3.63) is 53.5 Å². The maximum atomic E-state index is 12.1. The zero-order chi connectivity index (χ0) is 14.3. The summed E-state index contributed by atoms with van der Waals surface area (Å²) in [5, 5.41) is 13.3. The van der Waals surface area contributed by atoms with Gasteiger partial charge in [-0.2, -0.15) is 0 Å². The molecule has 1 atom stereocenters. The minimum atomic E-state index is -1.84. The molecule has 0 bridgehead atoms. The molecular formula is C15H13NO4. The van der Waals surface area contributed by atoms with Crippen molar-refractivity contribution in [2.24, 2.45) is 0 Å². The molecule has 0 fully saturated rings. The van der Waals surface area contributed by atoms with Crippen LogP contribution in [0.4, 0.5) is 5.69 Å². The van der Waals surface area contributed by atoms with E-state index in [0.717, 1.165) is 5.56 Å². The molecule has 2 N–H and O–H groups in total. The van der Waals surface area contributed by atoms with Gasteiger partial charge in [0.15, 0.2) is 11.4 Å². The summed E-state index contributed by atoms with van der Waals surface area (Å²) in [7, 11) is 0. The molecule has 0 saturated heterocycles. The lowest BCUT2D eigenvalue weighted by Crippen LogP contribution is -2.36. The van der Waals surface area contributed by atoms with Crippen LogP contribution < -0.4 is 5.32 Å². The number of hydrogen-bond donors (Lipinski definition) is 2. The van der Waals surface area contributed by atoms with Crippen molar-refractivity contribution in [3.63, 3.8) is 0 Å². The molecule has 0 unspecified atom stereocenters. The fourth-order valence-corrected chi connectivity index (χ4v) is 2.45. The number of fused-ring (bicyclic) bond motifs is 1. The number of hydrogen-bond acceptors (Lipinski definition) is 4. The number of benzene rings is 1. The zero-order valence-corrected chi connectivity index (χ0v) is 10.8. The Kier molecular flexibility index (Phi) is 2.72. The molecule has 1 aromatic heterocycles. The normalized spacial score (nSPS) is 20.6. The third kappa shape index (κ3) is 1.75. The summed E-state index contributed by atoms with van der Waals surface area (Å²) in [6.45, 7) is 1.83. The van der Waals surface area contributed by atoms with Gasteiger partial charge in [-0.05, 0) is 24.6 Å². The monoisotopic (exact) mass is 271 g/mol. The summed E-state index contributed by atoms with van der Waals surface area (Å²) in [4.78, 5) is 24.1. The fraction of sp³-hybridized carbons (Fsp3) is 0.200. The van der Waals surface area contributed by atoms with Gasteiger partial charge in [0.1, 0.15) is 0 Å².